The van der Waals surface area contributed by atoms with E-state index in [2.05, 4.69) is 33.0 Å². The van der Waals surface area contributed by atoms with E-state index in [0.717, 1.165) is 28.4 Å². The van der Waals surface area contributed by atoms with Crippen LogP contribution in [-0.4, -0.2) is 61.7 Å². The van der Waals surface area contributed by atoms with Gasteiger partial charge < -0.3 is 30.2 Å². The number of thioether (sulfide) groups is 1. The first-order valence-electron chi connectivity index (χ1n) is 18.0. The highest BCUT2D eigenvalue weighted by atomic mass is 32.2. The molecule has 0 spiro atoms. The number of methoxy groups -OCH3 is 2. The Balaban J connectivity index is 1.13. The fourth-order valence-electron chi connectivity index (χ4n) is 6.17. The van der Waals surface area contributed by atoms with Crippen LogP contribution in [0, 0.1) is 0 Å². The van der Waals surface area contributed by atoms with E-state index in [1.54, 1.807) is 79.7 Å². The molecule has 0 fully saturated rings. The molecule has 3 amide bonds. The van der Waals surface area contributed by atoms with E-state index < -0.39 is 17.8 Å². The molecule has 3 N–H and O–H groups in total. The third-order valence-electron chi connectivity index (χ3n) is 8.83. The average molecular weight is 791 g/mol. The number of fused-ring (bicyclic) bond motifs is 1. The van der Waals surface area contributed by atoms with Gasteiger partial charge in [-0.2, -0.15) is 0 Å². The van der Waals surface area contributed by atoms with Gasteiger partial charge in [-0.05, 0) is 78.6 Å². The Morgan fingerprint density at radius 3 is 2.34 bits per heavy atom. The number of carbonyl (C=O) groups excluding carboxylic acids is 4. The van der Waals surface area contributed by atoms with Gasteiger partial charge in [-0.1, -0.05) is 60.7 Å². The molecule has 1 aromatic heterocycles. The van der Waals surface area contributed by atoms with E-state index in [1.165, 1.54) is 42.9 Å². The minimum absolute atomic E-state index is 0.00254. The fourth-order valence-corrected chi connectivity index (χ4v) is 8.21. The molecule has 1 aliphatic rings. The minimum atomic E-state index is -0.556. The summed E-state index contributed by atoms with van der Waals surface area (Å²) >= 11 is 2.70. The Morgan fingerprint density at radius 1 is 0.857 bits per heavy atom. The fraction of sp³-hybridized carbons (Fsp3) is 0.209. The molecule has 6 rings (SSSR count). The summed E-state index contributed by atoms with van der Waals surface area (Å²) in [6.45, 7) is 4.24. The molecule has 288 valence electrons. The van der Waals surface area contributed by atoms with Gasteiger partial charge in [0.15, 0.2) is 11.5 Å². The van der Waals surface area contributed by atoms with Crippen LogP contribution in [0.5, 0.6) is 11.5 Å². The Morgan fingerprint density at radius 2 is 1.61 bits per heavy atom. The number of anilines is 2. The second-order valence-corrected chi connectivity index (χ2v) is 14.8. The maximum absolute atomic E-state index is 13.7. The number of carbonyl (C=O) groups is 4. The molecule has 5 aromatic rings. The molecule has 0 aliphatic carbocycles. The van der Waals surface area contributed by atoms with E-state index in [4.69, 9.17) is 14.2 Å². The molecule has 2 heterocycles. The number of hydrogen-bond acceptors (Lipinski definition) is 10. The molecule has 56 heavy (non-hydrogen) atoms. The molecule has 0 saturated carbocycles. The van der Waals surface area contributed by atoms with E-state index in [-0.39, 0.29) is 24.0 Å². The second-order valence-electron chi connectivity index (χ2n) is 12.7. The number of benzene rings is 4. The zero-order valence-corrected chi connectivity index (χ0v) is 32.9. The number of nitrogens with one attached hydrogen (secondary N) is 3. The summed E-state index contributed by atoms with van der Waals surface area (Å²) in [6, 6.07) is 31.1. The lowest BCUT2D eigenvalue weighted by molar-refractivity contribution is -0.114. The van der Waals surface area contributed by atoms with Crippen LogP contribution >= 0.6 is 23.1 Å². The highest BCUT2D eigenvalue weighted by Crippen LogP contribution is 2.38. The monoisotopic (exact) mass is 790 g/mol. The number of rotatable bonds is 15. The predicted molar refractivity (Wildman–Crippen MR) is 220 cm³/mol. The summed E-state index contributed by atoms with van der Waals surface area (Å²) in [5.74, 6) is -0.687. The van der Waals surface area contributed by atoms with Crippen LogP contribution in [0.3, 0.4) is 0 Å². The van der Waals surface area contributed by atoms with Crippen LogP contribution in [0.25, 0.3) is 6.08 Å². The van der Waals surface area contributed by atoms with Gasteiger partial charge >= 0.3 is 5.97 Å². The Bertz CT molecular complexity index is 2220. The molecule has 1 aliphatic heterocycles. The van der Waals surface area contributed by atoms with E-state index >= 15 is 0 Å². The normalized spacial score (nSPS) is 12.6. The third kappa shape index (κ3) is 10.2. The molecule has 0 atom stereocenters. The highest BCUT2D eigenvalue weighted by molar-refractivity contribution is 8.00. The van der Waals surface area contributed by atoms with Gasteiger partial charge in [0.25, 0.3) is 11.8 Å². The van der Waals surface area contributed by atoms with Crippen molar-refractivity contribution >= 4 is 63.6 Å². The first-order valence-corrected chi connectivity index (χ1v) is 19.8. The molecular weight excluding hydrogens is 749 g/mol. The van der Waals surface area contributed by atoms with Crippen molar-refractivity contribution in [1.29, 1.82) is 0 Å². The van der Waals surface area contributed by atoms with Crippen molar-refractivity contribution in [3.05, 3.63) is 142 Å². The van der Waals surface area contributed by atoms with Crippen LogP contribution in [0.4, 0.5) is 10.7 Å². The van der Waals surface area contributed by atoms with Gasteiger partial charge in [0.1, 0.15) is 10.7 Å². The van der Waals surface area contributed by atoms with Crippen molar-refractivity contribution in [2.45, 2.75) is 31.3 Å². The molecule has 0 unspecified atom stereocenters. The summed E-state index contributed by atoms with van der Waals surface area (Å²) in [7, 11) is 3.05. The van der Waals surface area contributed by atoms with Crippen LogP contribution in [-0.2, 0) is 33.8 Å². The maximum Gasteiger partial charge on any atom is 0.341 e. The summed E-state index contributed by atoms with van der Waals surface area (Å²) < 4.78 is 16.2. The maximum atomic E-state index is 13.7. The average Bonchev–Trinajstić information content (AvgIpc) is 3.57. The molecule has 0 saturated heterocycles. The summed E-state index contributed by atoms with van der Waals surface area (Å²) in [5.41, 5.74) is 4.03. The summed E-state index contributed by atoms with van der Waals surface area (Å²) in [4.78, 5) is 57.4. The van der Waals surface area contributed by atoms with Crippen molar-refractivity contribution in [1.82, 2.24) is 10.2 Å². The lowest BCUT2D eigenvalue weighted by Crippen LogP contribution is -2.30. The van der Waals surface area contributed by atoms with Crippen LogP contribution < -0.4 is 25.4 Å². The van der Waals surface area contributed by atoms with Crippen LogP contribution in [0.15, 0.2) is 114 Å². The first kappa shape index (κ1) is 39.8. The van der Waals surface area contributed by atoms with Crippen molar-refractivity contribution in [3.63, 3.8) is 0 Å². The standard InChI is InChI=1S/C43H42N4O7S2/c1-4-54-43(51)39-33-20-21-47(25-28-12-7-5-8-13-28)26-37(33)56-42(39)46-38(48)27-55-32-17-11-16-31(24-32)44-41(50)34(45-40(49)30-14-9-6-10-15-30)22-29-18-19-35(52-2)36(23-29)53-3/h5-19,22-24H,4,20-21,25-27H2,1-3H3,(H,44,50)(H,45,49)(H,46,48)/b34-22+. The van der Waals surface area contributed by atoms with Gasteiger partial charge in [-0.15, -0.1) is 23.1 Å². The number of nitrogens with zero attached hydrogens (tertiary/aromatic N) is 1. The smallest absolute Gasteiger partial charge is 0.341 e. The largest absolute Gasteiger partial charge is 0.493 e. The van der Waals surface area contributed by atoms with Gasteiger partial charge in [-0.25, -0.2) is 4.79 Å². The number of hydrogen-bond donors (Lipinski definition) is 3. The van der Waals surface area contributed by atoms with Gasteiger partial charge in [0.2, 0.25) is 5.91 Å². The molecule has 0 radical (unpaired) electrons. The molecule has 4 aromatic carbocycles. The number of thiophene rings is 1. The lowest BCUT2D eigenvalue weighted by Gasteiger charge is -2.27. The van der Waals surface area contributed by atoms with Crippen molar-refractivity contribution in [2.75, 3.05) is 43.8 Å². The zero-order chi connectivity index (χ0) is 39.4. The minimum Gasteiger partial charge on any atom is -0.493 e. The molecule has 0 bridgehead atoms. The van der Waals surface area contributed by atoms with E-state index in [9.17, 15) is 19.2 Å². The van der Waals surface area contributed by atoms with E-state index in [0.29, 0.717) is 51.8 Å². The van der Waals surface area contributed by atoms with Crippen LogP contribution in [0.1, 0.15) is 49.2 Å². The summed E-state index contributed by atoms with van der Waals surface area (Å²) in [6.07, 6.45) is 2.23. The topological polar surface area (TPSA) is 135 Å². The first-order chi connectivity index (χ1) is 27.2. The molecular formula is C43H42N4O7S2. The summed E-state index contributed by atoms with van der Waals surface area (Å²) in [5, 5.41) is 9.09. The Hall–Kier alpha value is -5.89. The van der Waals surface area contributed by atoms with Crippen LogP contribution in [0.2, 0.25) is 0 Å². The number of ether oxygens (including phenoxy) is 3. The Kier molecular flexibility index (Phi) is 13.6. The highest BCUT2D eigenvalue weighted by Gasteiger charge is 2.29. The number of esters is 1. The predicted octanol–water partition coefficient (Wildman–Crippen LogP) is 7.64. The van der Waals surface area contributed by atoms with Gasteiger partial charge in [-0.3, -0.25) is 19.3 Å². The van der Waals surface area contributed by atoms with Crippen molar-refractivity contribution in [2.24, 2.45) is 0 Å². The van der Waals surface area contributed by atoms with Crippen molar-refractivity contribution < 1.29 is 33.4 Å². The van der Waals surface area contributed by atoms with Gasteiger partial charge in [0, 0.05) is 40.7 Å². The van der Waals surface area contributed by atoms with E-state index in [1.807, 2.05) is 24.3 Å². The number of amides is 3. The molecule has 13 heteroatoms. The lowest BCUT2D eigenvalue weighted by atomic mass is 10.0. The SMILES string of the molecule is CCOC(=O)c1c(NC(=O)CSc2cccc(NC(=O)/C(=C\c3ccc(OC)c(OC)c3)NC(=O)c3ccccc3)c2)sc2c1CCN(Cc1ccccc1)C2. The van der Waals surface area contributed by atoms with Crippen molar-refractivity contribution in [3.8, 4) is 11.5 Å². The third-order valence-corrected chi connectivity index (χ3v) is 11.0. The Labute approximate surface area is 334 Å². The quantitative estimate of drug-likeness (QED) is 0.0556. The van der Waals surface area contributed by atoms with Gasteiger partial charge in [0.05, 0.1) is 32.1 Å². The molecule has 11 nitrogen and oxygen atoms in total. The second kappa shape index (κ2) is 19.1. The zero-order valence-electron chi connectivity index (χ0n) is 31.3.